The number of rotatable bonds is 6. The second-order valence-corrected chi connectivity index (χ2v) is 4.55. The second kappa shape index (κ2) is 7.20. The monoisotopic (exact) mass is 216 g/mol. The first-order chi connectivity index (χ1) is 7.30. The van der Waals surface area contributed by atoms with E-state index in [1.807, 2.05) is 0 Å². The Morgan fingerprint density at radius 2 is 1.73 bits per heavy atom. The van der Waals surface area contributed by atoms with E-state index in [0.717, 1.165) is 18.8 Å². The van der Waals surface area contributed by atoms with Gasteiger partial charge in [0.05, 0.1) is 19.3 Å². The summed E-state index contributed by atoms with van der Waals surface area (Å²) in [4.78, 5) is 0. The lowest BCUT2D eigenvalue weighted by Crippen LogP contribution is -2.31. The highest BCUT2D eigenvalue weighted by Gasteiger charge is 2.23. The Balaban J connectivity index is 2.19. The third kappa shape index (κ3) is 4.49. The van der Waals surface area contributed by atoms with Crippen molar-refractivity contribution in [1.29, 1.82) is 0 Å². The fourth-order valence-electron chi connectivity index (χ4n) is 2.38. The van der Waals surface area contributed by atoms with Crippen LogP contribution in [0, 0.1) is 5.92 Å². The van der Waals surface area contributed by atoms with Crippen molar-refractivity contribution >= 4 is 0 Å². The van der Waals surface area contributed by atoms with Gasteiger partial charge in [0.25, 0.3) is 0 Å². The van der Waals surface area contributed by atoms with Gasteiger partial charge < -0.3 is 14.9 Å². The molecule has 1 aliphatic rings. The number of hydrogen-bond acceptors (Lipinski definition) is 3. The molecular weight excluding hydrogens is 192 g/mol. The highest BCUT2D eigenvalue weighted by Crippen LogP contribution is 2.29. The van der Waals surface area contributed by atoms with Gasteiger partial charge in [0, 0.05) is 0 Å². The van der Waals surface area contributed by atoms with Crippen LogP contribution in [-0.2, 0) is 4.74 Å². The number of hydrogen-bond donors (Lipinski definition) is 2. The molecule has 0 heterocycles. The van der Waals surface area contributed by atoms with Crippen molar-refractivity contribution in [3.05, 3.63) is 0 Å². The minimum Gasteiger partial charge on any atom is -0.394 e. The topological polar surface area (TPSA) is 49.7 Å². The summed E-state index contributed by atoms with van der Waals surface area (Å²) in [5.74, 6) is 0.872. The lowest BCUT2D eigenvalue weighted by molar-refractivity contribution is -0.0786. The summed E-state index contributed by atoms with van der Waals surface area (Å²) in [5.41, 5.74) is 0. The Morgan fingerprint density at radius 3 is 2.20 bits per heavy atom. The standard InChI is InChI=1S/C12H24O3/c1-2-3-10-4-6-11(7-5-10)15-12(8-13)9-14/h10-14H,2-9H2,1H3. The molecule has 15 heavy (non-hydrogen) atoms. The molecule has 1 rings (SSSR count). The van der Waals surface area contributed by atoms with E-state index in [2.05, 4.69) is 6.92 Å². The van der Waals surface area contributed by atoms with E-state index in [1.54, 1.807) is 0 Å². The Bertz CT molecular complexity index is 149. The van der Waals surface area contributed by atoms with Crippen molar-refractivity contribution in [3.63, 3.8) is 0 Å². The predicted octanol–water partition coefficient (Wildman–Crippen LogP) is 1.72. The predicted molar refractivity (Wildman–Crippen MR) is 59.7 cm³/mol. The molecule has 90 valence electrons. The zero-order chi connectivity index (χ0) is 11.1. The van der Waals surface area contributed by atoms with Gasteiger partial charge in [-0.15, -0.1) is 0 Å². The van der Waals surface area contributed by atoms with Gasteiger partial charge in [-0.25, -0.2) is 0 Å². The molecule has 1 saturated carbocycles. The fraction of sp³-hybridized carbons (Fsp3) is 1.00. The average molecular weight is 216 g/mol. The molecule has 0 radical (unpaired) electrons. The lowest BCUT2D eigenvalue weighted by Gasteiger charge is -2.30. The summed E-state index contributed by atoms with van der Waals surface area (Å²) < 4.78 is 5.62. The molecule has 0 amide bonds. The maximum absolute atomic E-state index is 8.91. The second-order valence-electron chi connectivity index (χ2n) is 4.55. The van der Waals surface area contributed by atoms with Crippen LogP contribution in [-0.4, -0.2) is 35.6 Å². The van der Waals surface area contributed by atoms with Crippen LogP contribution in [0.3, 0.4) is 0 Å². The van der Waals surface area contributed by atoms with E-state index >= 15 is 0 Å². The van der Waals surface area contributed by atoms with Gasteiger partial charge >= 0.3 is 0 Å². The summed E-state index contributed by atoms with van der Waals surface area (Å²) in [6.45, 7) is 2.08. The molecule has 0 spiro atoms. The largest absolute Gasteiger partial charge is 0.394 e. The van der Waals surface area contributed by atoms with Gasteiger partial charge in [0.1, 0.15) is 6.10 Å². The molecule has 1 aliphatic carbocycles. The zero-order valence-electron chi connectivity index (χ0n) is 9.69. The van der Waals surface area contributed by atoms with Crippen molar-refractivity contribution in [2.75, 3.05) is 13.2 Å². The van der Waals surface area contributed by atoms with E-state index in [9.17, 15) is 0 Å². The number of aliphatic hydroxyl groups is 2. The Kier molecular flexibility index (Phi) is 6.22. The minimum absolute atomic E-state index is 0.0780. The smallest absolute Gasteiger partial charge is 0.104 e. The summed E-state index contributed by atoms with van der Waals surface area (Å²) in [6, 6.07) is 0. The van der Waals surface area contributed by atoms with Crippen LogP contribution >= 0.6 is 0 Å². The molecule has 1 fully saturated rings. The molecule has 0 atom stereocenters. The molecule has 3 nitrogen and oxygen atoms in total. The van der Waals surface area contributed by atoms with Crippen LogP contribution in [0.15, 0.2) is 0 Å². The first kappa shape index (κ1) is 12.9. The molecule has 3 heteroatoms. The summed E-state index contributed by atoms with van der Waals surface area (Å²) in [5, 5.41) is 17.8. The molecule has 0 saturated heterocycles. The highest BCUT2D eigenvalue weighted by atomic mass is 16.5. The van der Waals surface area contributed by atoms with Gasteiger partial charge in [-0.3, -0.25) is 0 Å². The fourth-order valence-corrected chi connectivity index (χ4v) is 2.38. The molecule has 0 aromatic carbocycles. The Morgan fingerprint density at radius 1 is 1.13 bits per heavy atom. The van der Waals surface area contributed by atoms with E-state index < -0.39 is 0 Å². The molecule has 0 aromatic heterocycles. The number of aliphatic hydroxyl groups excluding tert-OH is 2. The van der Waals surface area contributed by atoms with Crippen LogP contribution in [0.25, 0.3) is 0 Å². The van der Waals surface area contributed by atoms with Crippen LogP contribution in [0.1, 0.15) is 45.4 Å². The van der Waals surface area contributed by atoms with Crippen molar-refractivity contribution in [2.45, 2.75) is 57.7 Å². The van der Waals surface area contributed by atoms with E-state index in [-0.39, 0.29) is 25.4 Å². The van der Waals surface area contributed by atoms with Crippen molar-refractivity contribution in [3.8, 4) is 0 Å². The third-order valence-electron chi connectivity index (χ3n) is 3.28. The maximum Gasteiger partial charge on any atom is 0.104 e. The van der Waals surface area contributed by atoms with Crippen LogP contribution in [0.2, 0.25) is 0 Å². The van der Waals surface area contributed by atoms with Crippen LogP contribution < -0.4 is 0 Å². The van der Waals surface area contributed by atoms with Crippen molar-refractivity contribution < 1.29 is 14.9 Å². The van der Waals surface area contributed by atoms with Crippen LogP contribution in [0.5, 0.6) is 0 Å². The summed E-state index contributed by atoms with van der Waals surface area (Å²) >= 11 is 0. The lowest BCUT2D eigenvalue weighted by atomic mass is 9.84. The highest BCUT2D eigenvalue weighted by molar-refractivity contribution is 4.73. The summed E-state index contributed by atoms with van der Waals surface area (Å²) in [7, 11) is 0. The number of ether oxygens (including phenoxy) is 1. The molecule has 0 unspecified atom stereocenters. The van der Waals surface area contributed by atoms with Gasteiger partial charge in [0.2, 0.25) is 0 Å². The third-order valence-corrected chi connectivity index (χ3v) is 3.28. The molecule has 2 N–H and O–H groups in total. The van der Waals surface area contributed by atoms with Crippen molar-refractivity contribution in [2.24, 2.45) is 5.92 Å². The van der Waals surface area contributed by atoms with Crippen LogP contribution in [0.4, 0.5) is 0 Å². The normalized spacial score (nSPS) is 27.2. The quantitative estimate of drug-likeness (QED) is 0.710. The van der Waals surface area contributed by atoms with E-state index in [4.69, 9.17) is 14.9 Å². The van der Waals surface area contributed by atoms with Crippen molar-refractivity contribution in [1.82, 2.24) is 0 Å². The first-order valence-electron chi connectivity index (χ1n) is 6.17. The van der Waals surface area contributed by atoms with Gasteiger partial charge in [-0.1, -0.05) is 19.8 Å². The maximum atomic E-state index is 8.91. The van der Waals surface area contributed by atoms with Gasteiger partial charge in [0.15, 0.2) is 0 Å². The molecule has 0 aliphatic heterocycles. The zero-order valence-corrected chi connectivity index (χ0v) is 9.69. The summed E-state index contributed by atoms with van der Waals surface area (Å²) in [6.07, 6.45) is 7.12. The Labute approximate surface area is 92.4 Å². The van der Waals surface area contributed by atoms with E-state index in [1.165, 1.54) is 25.7 Å². The first-order valence-corrected chi connectivity index (χ1v) is 6.17. The van der Waals surface area contributed by atoms with Gasteiger partial charge in [-0.2, -0.15) is 0 Å². The van der Waals surface area contributed by atoms with E-state index in [0.29, 0.717) is 0 Å². The van der Waals surface area contributed by atoms with Gasteiger partial charge in [-0.05, 0) is 31.6 Å². The average Bonchev–Trinajstić information content (AvgIpc) is 2.28. The minimum atomic E-state index is -0.377. The molecule has 0 bridgehead atoms. The SMILES string of the molecule is CCCC1CCC(OC(CO)CO)CC1. The molecular formula is C12H24O3. The molecule has 0 aromatic rings. The Hall–Kier alpha value is -0.120.